The minimum Gasteiger partial charge on any atom is -0.374 e. The Morgan fingerprint density at radius 3 is 2.43 bits per heavy atom. The third-order valence-electron chi connectivity index (χ3n) is 3.25. The maximum absolute atomic E-state index is 5.85. The van der Waals surface area contributed by atoms with Gasteiger partial charge >= 0.3 is 0 Å². The first-order valence-electron chi connectivity index (χ1n) is 5.63. The third kappa shape index (κ3) is 2.94. The van der Waals surface area contributed by atoms with Crippen LogP contribution in [0.15, 0.2) is 0 Å². The lowest BCUT2D eigenvalue weighted by Crippen LogP contribution is -2.53. The fraction of sp³-hybridized carbons (Fsp3) is 1.00. The van der Waals surface area contributed by atoms with Crippen LogP contribution in [0.3, 0.4) is 0 Å². The van der Waals surface area contributed by atoms with Gasteiger partial charge in [-0.25, -0.2) is 0 Å². The summed E-state index contributed by atoms with van der Waals surface area (Å²) in [5, 5.41) is 0. The standard InChI is InChI=1S/C11H24N2O/c1-8(2)10(4)13-5-6-14-11(7-13)9(3)12/h8-11H,5-7,12H2,1-4H3. The van der Waals surface area contributed by atoms with Gasteiger partial charge in [0.05, 0.1) is 12.7 Å². The number of hydrogen-bond donors (Lipinski definition) is 1. The van der Waals surface area contributed by atoms with E-state index in [0.29, 0.717) is 12.0 Å². The molecule has 1 heterocycles. The Morgan fingerprint density at radius 1 is 1.29 bits per heavy atom. The molecule has 0 aromatic rings. The Hall–Kier alpha value is -0.120. The molecule has 0 aromatic heterocycles. The van der Waals surface area contributed by atoms with Crippen molar-refractivity contribution in [2.75, 3.05) is 19.7 Å². The first kappa shape index (κ1) is 12.0. The first-order valence-corrected chi connectivity index (χ1v) is 5.63. The van der Waals surface area contributed by atoms with Crippen molar-refractivity contribution in [1.29, 1.82) is 0 Å². The van der Waals surface area contributed by atoms with Crippen molar-refractivity contribution in [3.05, 3.63) is 0 Å². The highest BCUT2D eigenvalue weighted by atomic mass is 16.5. The van der Waals surface area contributed by atoms with Gasteiger partial charge in [0.15, 0.2) is 0 Å². The summed E-state index contributed by atoms with van der Waals surface area (Å²) in [4.78, 5) is 2.49. The highest BCUT2D eigenvalue weighted by molar-refractivity contribution is 4.81. The van der Waals surface area contributed by atoms with E-state index >= 15 is 0 Å². The second kappa shape index (κ2) is 5.10. The molecule has 1 rings (SSSR count). The summed E-state index contributed by atoms with van der Waals surface area (Å²) in [5.74, 6) is 0.696. The normalized spacial score (nSPS) is 29.1. The molecular weight excluding hydrogens is 176 g/mol. The van der Waals surface area contributed by atoms with Gasteiger partial charge in [-0.2, -0.15) is 0 Å². The Kier molecular flexibility index (Phi) is 4.35. The number of hydrogen-bond acceptors (Lipinski definition) is 3. The van der Waals surface area contributed by atoms with Gasteiger partial charge < -0.3 is 10.5 Å². The summed E-state index contributed by atoms with van der Waals surface area (Å²) in [6, 6.07) is 0.761. The van der Waals surface area contributed by atoms with Crippen LogP contribution in [-0.4, -0.2) is 42.8 Å². The van der Waals surface area contributed by atoms with Gasteiger partial charge in [-0.05, 0) is 19.8 Å². The third-order valence-corrected chi connectivity index (χ3v) is 3.25. The van der Waals surface area contributed by atoms with Crippen molar-refractivity contribution in [2.24, 2.45) is 11.7 Å². The van der Waals surface area contributed by atoms with E-state index in [-0.39, 0.29) is 12.1 Å². The maximum atomic E-state index is 5.85. The quantitative estimate of drug-likeness (QED) is 0.741. The molecule has 0 bridgehead atoms. The molecule has 1 fully saturated rings. The molecule has 0 saturated carbocycles. The summed E-state index contributed by atoms with van der Waals surface area (Å²) in [6.45, 7) is 11.7. The minimum absolute atomic E-state index is 0.136. The molecule has 2 N–H and O–H groups in total. The lowest BCUT2D eigenvalue weighted by atomic mass is 10.0. The molecule has 0 radical (unpaired) electrons. The van der Waals surface area contributed by atoms with Crippen molar-refractivity contribution in [3.8, 4) is 0 Å². The van der Waals surface area contributed by atoms with E-state index in [9.17, 15) is 0 Å². The molecule has 3 unspecified atom stereocenters. The summed E-state index contributed by atoms with van der Waals surface area (Å²) in [6.07, 6.45) is 0.213. The predicted octanol–water partition coefficient (Wildman–Crippen LogP) is 1.08. The number of morpholine rings is 1. The van der Waals surface area contributed by atoms with E-state index in [1.807, 2.05) is 6.92 Å². The molecule has 1 aliphatic rings. The smallest absolute Gasteiger partial charge is 0.0850 e. The van der Waals surface area contributed by atoms with Crippen LogP contribution in [0.25, 0.3) is 0 Å². The van der Waals surface area contributed by atoms with Crippen LogP contribution in [0.5, 0.6) is 0 Å². The van der Waals surface area contributed by atoms with E-state index in [1.54, 1.807) is 0 Å². The Labute approximate surface area is 87.6 Å². The monoisotopic (exact) mass is 200 g/mol. The zero-order valence-electron chi connectivity index (χ0n) is 9.86. The van der Waals surface area contributed by atoms with Crippen molar-refractivity contribution in [1.82, 2.24) is 4.90 Å². The Balaban J connectivity index is 2.47. The number of rotatable bonds is 3. The molecule has 3 nitrogen and oxygen atoms in total. The second-order valence-electron chi connectivity index (χ2n) is 4.75. The molecule has 3 heteroatoms. The Morgan fingerprint density at radius 2 is 1.93 bits per heavy atom. The predicted molar refractivity (Wildman–Crippen MR) is 59.3 cm³/mol. The van der Waals surface area contributed by atoms with E-state index in [1.165, 1.54) is 0 Å². The van der Waals surface area contributed by atoms with Crippen molar-refractivity contribution in [2.45, 2.75) is 45.9 Å². The summed E-state index contributed by atoms with van der Waals surface area (Å²) in [5.41, 5.74) is 5.85. The van der Waals surface area contributed by atoms with Gasteiger partial charge in [-0.1, -0.05) is 13.8 Å². The molecule has 1 saturated heterocycles. The van der Waals surface area contributed by atoms with Crippen LogP contribution in [-0.2, 0) is 4.74 Å². The first-order chi connectivity index (χ1) is 6.52. The van der Waals surface area contributed by atoms with Gasteiger partial charge in [0.2, 0.25) is 0 Å². The summed E-state index contributed by atoms with van der Waals surface area (Å²) < 4.78 is 5.63. The fourth-order valence-electron chi connectivity index (χ4n) is 1.81. The molecule has 0 aliphatic carbocycles. The molecule has 0 spiro atoms. The van der Waals surface area contributed by atoms with E-state index in [2.05, 4.69) is 25.7 Å². The van der Waals surface area contributed by atoms with Gasteiger partial charge in [0, 0.05) is 25.2 Å². The summed E-state index contributed by atoms with van der Waals surface area (Å²) >= 11 is 0. The SMILES string of the molecule is CC(C)C(C)N1CCOC(C(C)N)C1. The van der Waals surface area contributed by atoms with Crippen molar-refractivity contribution >= 4 is 0 Å². The van der Waals surface area contributed by atoms with Crippen LogP contribution in [0.1, 0.15) is 27.7 Å². The molecule has 1 aliphatic heterocycles. The average molecular weight is 200 g/mol. The fourth-order valence-corrected chi connectivity index (χ4v) is 1.81. The molecule has 0 aromatic carbocycles. The summed E-state index contributed by atoms with van der Waals surface area (Å²) in [7, 11) is 0. The molecule has 84 valence electrons. The topological polar surface area (TPSA) is 38.5 Å². The van der Waals surface area contributed by atoms with Crippen LogP contribution >= 0.6 is 0 Å². The maximum Gasteiger partial charge on any atom is 0.0850 e. The molecule has 0 amide bonds. The highest BCUT2D eigenvalue weighted by Crippen LogP contribution is 2.15. The zero-order valence-corrected chi connectivity index (χ0v) is 9.86. The average Bonchev–Trinajstić information content (AvgIpc) is 2.16. The highest BCUT2D eigenvalue weighted by Gasteiger charge is 2.27. The zero-order chi connectivity index (χ0) is 10.7. The van der Waals surface area contributed by atoms with E-state index in [4.69, 9.17) is 10.5 Å². The lowest BCUT2D eigenvalue weighted by Gasteiger charge is -2.39. The lowest BCUT2D eigenvalue weighted by molar-refractivity contribution is -0.0548. The number of nitrogens with zero attached hydrogens (tertiary/aromatic N) is 1. The molecule has 14 heavy (non-hydrogen) atoms. The number of nitrogens with two attached hydrogens (primary N) is 1. The minimum atomic E-state index is 0.136. The van der Waals surface area contributed by atoms with Crippen LogP contribution in [0, 0.1) is 5.92 Å². The van der Waals surface area contributed by atoms with Crippen LogP contribution < -0.4 is 5.73 Å². The Bertz CT molecular complexity index is 165. The van der Waals surface area contributed by atoms with E-state index < -0.39 is 0 Å². The van der Waals surface area contributed by atoms with Crippen molar-refractivity contribution < 1.29 is 4.74 Å². The van der Waals surface area contributed by atoms with Crippen LogP contribution in [0.4, 0.5) is 0 Å². The van der Waals surface area contributed by atoms with E-state index in [0.717, 1.165) is 19.7 Å². The van der Waals surface area contributed by atoms with Gasteiger partial charge in [0.25, 0.3) is 0 Å². The largest absolute Gasteiger partial charge is 0.374 e. The van der Waals surface area contributed by atoms with Crippen LogP contribution in [0.2, 0.25) is 0 Å². The van der Waals surface area contributed by atoms with Gasteiger partial charge in [-0.3, -0.25) is 4.90 Å². The molecular formula is C11H24N2O. The van der Waals surface area contributed by atoms with Crippen molar-refractivity contribution in [3.63, 3.8) is 0 Å². The second-order valence-corrected chi connectivity index (χ2v) is 4.75. The number of ether oxygens (including phenoxy) is 1. The van der Waals surface area contributed by atoms with Gasteiger partial charge in [0.1, 0.15) is 0 Å². The molecule has 3 atom stereocenters. The van der Waals surface area contributed by atoms with Gasteiger partial charge in [-0.15, -0.1) is 0 Å².